The van der Waals surface area contributed by atoms with Crippen molar-refractivity contribution >= 4 is 0 Å². The summed E-state index contributed by atoms with van der Waals surface area (Å²) in [6.45, 7) is 3.84. The second kappa shape index (κ2) is 7.48. The predicted octanol–water partition coefficient (Wildman–Crippen LogP) is 6.10. The maximum absolute atomic E-state index is 10.2. The summed E-state index contributed by atoms with van der Waals surface area (Å²) in [5.74, 6) is 0.566. The van der Waals surface area contributed by atoms with Crippen LogP contribution >= 0.6 is 0 Å². The molecule has 0 saturated carbocycles. The lowest BCUT2D eigenvalue weighted by Gasteiger charge is -2.37. The van der Waals surface area contributed by atoms with Gasteiger partial charge in [0.15, 0.2) is 0 Å². The molecule has 144 valence electrons. The Morgan fingerprint density at radius 2 is 0.862 bits per heavy atom. The highest BCUT2D eigenvalue weighted by molar-refractivity contribution is 5.62. The van der Waals surface area contributed by atoms with E-state index in [1.807, 2.05) is 62.4 Å². The smallest absolute Gasteiger partial charge is 0.118 e. The van der Waals surface area contributed by atoms with Crippen molar-refractivity contribution in [2.45, 2.75) is 19.3 Å². The molecule has 0 aliphatic heterocycles. The molecule has 4 aromatic carbocycles. The van der Waals surface area contributed by atoms with Crippen LogP contribution in [0.5, 0.6) is 11.5 Å². The van der Waals surface area contributed by atoms with Crippen LogP contribution in [0.15, 0.2) is 97.1 Å². The first-order valence-electron chi connectivity index (χ1n) is 9.74. The summed E-state index contributed by atoms with van der Waals surface area (Å²) < 4.78 is 0. The maximum atomic E-state index is 10.2. The van der Waals surface area contributed by atoms with Crippen molar-refractivity contribution in [3.63, 3.8) is 0 Å². The standard InChI is InChI=1S/C27H24O2/c1-19-17-23(13-15-25(19)28)27(21-9-5-3-6-10-21,22-11-7-4-8-12-22)24-14-16-26(29)20(2)18-24/h3-18,28-29H,1-2H3. The van der Waals surface area contributed by atoms with E-state index in [1.54, 1.807) is 12.1 Å². The Bertz CT molecular complexity index is 1040. The van der Waals surface area contributed by atoms with Crippen molar-refractivity contribution < 1.29 is 10.2 Å². The monoisotopic (exact) mass is 380 g/mol. The number of aryl methyl sites for hydroxylation is 2. The molecule has 2 N–H and O–H groups in total. The molecule has 0 radical (unpaired) electrons. The zero-order chi connectivity index (χ0) is 20.4. The Morgan fingerprint density at radius 3 is 1.21 bits per heavy atom. The lowest BCUT2D eigenvalue weighted by molar-refractivity contribution is 0.470. The molecule has 0 atom stereocenters. The molecular weight excluding hydrogens is 356 g/mol. The Balaban J connectivity index is 2.16. The first-order chi connectivity index (χ1) is 14.0. The molecule has 0 bridgehead atoms. The quantitative estimate of drug-likeness (QED) is 0.420. The van der Waals surface area contributed by atoms with Crippen LogP contribution in [0.25, 0.3) is 0 Å². The summed E-state index contributed by atoms with van der Waals surface area (Å²) in [5, 5.41) is 20.3. The maximum Gasteiger partial charge on any atom is 0.118 e. The van der Waals surface area contributed by atoms with Gasteiger partial charge in [-0.2, -0.15) is 0 Å². The first-order valence-corrected chi connectivity index (χ1v) is 9.74. The average molecular weight is 380 g/mol. The first kappa shape index (κ1) is 18.8. The number of rotatable bonds is 4. The molecule has 0 spiro atoms. The molecule has 0 fully saturated rings. The van der Waals surface area contributed by atoms with Crippen molar-refractivity contribution in [2.75, 3.05) is 0 Å². The van der Waals surface area contributed by atoms with Crippen molar-refractivity contribution in [3.8, 4) is 11.5 Å². The Hall–Kier alpha value is -3.52. The minimum atomic E-state index is -0.584. The highest BCUT2D eigenvalue weighted by Crippen LogP contribution is 2.46. The number of hydrogen-bond acceptors (Lipinski definition) is 2. The number of phenolic OH excluding ortho intramolecular Hbond substituents is 2. The van der Waals surface area contributed by atoms with E-state index in [1.165, 1.54) is 0 Å². The molecule has 2 nitrogen and oxygen atoms in total. The van der Waals surface area contributed by atoms with Gasteiger partial charge < -0.3 is 10.2 Å². The van der Waals surface area contributed by atoms with E-state index in [4.69, 9.17) is 0 Å². The molecular formula is C27H24O2. The summed E-state index contributed by atoms with van der Waals surface area (Å²) in [4.78, 5) is 0. The zero-order valence-electron chi connectivity index (χ0n) is 16.6. The van der Waals surface area contributed by atoms with Gasteiger partial charge in [-0.05, 0) is 59.4 Å². The predicted molar refractivity (Wildman–Crippen MR) is 118 cm³/mol. The Labute approximate surface area is 171 Å². The molecule has 4 aromatic rings. The van der Waals surface area contributed by atoms with Crippen LogP contribution in [0.2, 0.25) is 0 Å². The lowest BCUT2D eigenvalue weighted by Crippen LogP contribution is -2.31. The highest BCUT2D eigenvalue weighted by atomic mass is 16.3. The molecule has 0 heterocycles. The van der Waals surface area contributed by atoms with Gasteiger partial charge in [-0.25, -0.2) is 0 Å². The van der Waals surface area contributed by atoms with Crippen molar-refractivity contribution in [3.05, 3.63) is 130 Å². The summed E-state index contributed by atoms with van der Waals surface area (Å²) in [7, 11) is 0. The van der Waals surface area contributed by atoms with Gasteiger partial charge in [-0.3, -0.25) is 0 Å². The number of phenols is 2. The summed E-state index contributed by atoms with van der Waals surface area (Å²) in [6.07, 6.45) is 0. The van der Waals surface area contributed by atoms with Crippen molar-refractivity contribution in [1.82, 2.24) is 0 Å². The fourth-order valence-corrected chi connectivity index (χ4v) is 4.15. The van der Waals surface area contributed by atoms with Crippen LogP contribution < -0.4 is 0 Å². The Morgan fingerprint density at radius 1 is 0.483 bits per heavy atom. The van der Waals surface area contributed by atoms with Crippen LogP contribution in [0.1, 0.15) is 33.4 Å². The van der Waals surface area contributed by atoms with E-state index in [2.05, 4.69) is 36.4 Å². The van der Waals surface area contributed by atoms with Gasteiger partial charge in [-0.15, -0.1) is 0 Å². The largest absolute Gasteiger partial charge is 0.508 e. The van der Waals surface area contributed by atoms with Crippen LogP contribution in [0.3, 0.4) is 0 Å². The van der Waals surface area contributed by atoms with Gasteiger partial charge in [0.25, 0.3) is 0 Å². The van der Waals surface area contributed by atoms with E-state index in [0.29, 0.717) is 0 Å². The van der Waals surface area contributed by atoms with Gasteiger partial charge >= 0.3 is 0 Å². The number of aromatic hydroxyl groups is 2. The third-order valence-electron chi connectivity index (χ3n) is 5.67. The Kier molecular flexibility index (Phi) is 4.85. The SMILES string of the molecule is Cc1cc(C(c2ccccc2)(c2ccccc2)c2ccc(O)c(C)c2)ccc1O. The third-order valence-corrected chi connectivity index (χ3v) is 5.67. The van der Waals surface area contributed by atoms with Crippen molar-refractivity contribution in [1.29, 1.82) is 0 Å². The van der Waals surface area contributed by atoms with Crippen molar-refractivity contribution in [2.24, 2.45) is 0 Å². The van der Waals surface area contributed by atoms with E-state index in [-0.39, 0.29) is 11.5 Å². The average Bonchev–Trinajstić information content (AvgIpc) is 2.75. The van der Waals surface area contributed by atoms with E-state index in [9.17, 15) is 10.2 Å². The fourth-order valence-electron chi connectivity index (χ4n) is 4.15. The highest BCUT2D eigenvalue weighted by Gasteiger charge is 2.38. The van der Waals surface area contributed by atoms with E-state index in [0.717, 1.165) is 33.4 Å². The minimum Gasteiger partial charge on any atom is -0.508 e. The molecule has 0 amide bonds. The second-order valence-electron chi connectivity index (χ2n) is 7.48. The summed E-state index contributed by atoms with van der Waals surface area (Å²) >= 11 is 0. The van der Waals surface area contributed by atoms with Gasteiger partial charge in [-0.1, -0.05) is 84.9 Å². The van der Waals surface area contributed by atoms with Crippen LogP contribution in [0.4, 0.5) is 0 Å². The molecule has 0 saturated heterocycles. The molecule has 29 heavy (non-hydrogen) atoms. The molecule has 4 rings (SSSR count). The van der Waals surface area contributed by atoms with Crippen LogP contribution in [-0.4, -0.2) is 10.2 Å². The number of benzene rings is 4. The summed E-state index contributed by atoms with van der Waals surface area (Å²) in [5.41, 5.74) is 5.45. The normalized spacial score (nSPS) is 11.4. The van der Waals surface area contributed by atoms with Gasteiger partial charge in [0.05, 0.1) is 5.41 Å². The topological polar surface area (TPSA) is 40.5 Å². The third kappa shape index (κ3) is 3.17. The second-order valence-corrected chi connectivity index (χ2v) is 7.48. The van der Waals surface area contributed by atoms with Gasteiger partial charge in [0.1, 0.15) is 11.5 Å². The molecule has 2 heteroatoms. The fraction of sp³-hybridized carbons (Fsp3) is 0.111. The lowest BCUT2D eigenvalue weighted by atomic mass is 9.64. The molecule has 0 aliphatic rings. The zero-order valence-corrected chi connectivity index (χ0v) is 16.6. The number of hydrogen-bond donors (Lipinski definition) is 2. The van der Waals surface area contributed by atoms with E-state index < -0.39 is 5.41 Å². The summed E-state index contributed by atoms with van der Waals surface area (Å²) in [6, 6.07) is 32.4. The minimum absolute atomic E-state index is 0.283. The van der Waals surface area contributed by atoms with Gasteiger partial charge in [0, 0.05) is 0 Å². The molecule has 0 unspecified atom stereocenters. The van der Waals surface area contributed by atoms with Crippen LogP contribution in [-0.2, 0) is 5.41 Å². The van der Waals surface area contributed by atoms with E-state index >= 15 is 0 Å². The van der Waals surface area contributed by atoms with Gasteiger partial charge in [0.2, 0.25) is 0 Å². The molecule has 0 aromatic heterocycles. The molecule has 0 aliphatic carbocycles. The van der Waals surface area contributed by atoms with Crippen LogP contribution in [0, 0.1) is 13.8 Å².